The van der Waals surface area contributed by atoms with Crippen LogP contribution in [0.25, 0.3) is 0 Å². The van der Waals surface area contributed by atoms with Gasteiger partial charge in [-0.05, 0) is 6.07 Å². The lowest BCUT2D eigenvalue weighted by molar-refractivity contribution is 0.830. The topological polar surface area (TPSA) is 62.2 Å². The van der Waals surface area contributed by atoms with Crippen molar-refractivity contribution in [3.8, 4) is 0 Å². The number of hydrogen-bond acceptors (Lipinski definition) is 3. The van der Waals surface area contributed by atoms with Gasteiger partial charge in [-0.3, -0.25) is 4.99 Å². The summed E-state index contributed by atoms with van der Waals surface area (Å²) in [7, 11) is 3.54. The van der Waals surface area contributed by atoms with Crippen molar-refractivity contribution in [2.75, 3.05) is 14.1 Å². The Morgan fingerprint density at radius 3 is 3.00 bits per heavy atom. The summed E-state index contributed by atoms with van der Waals surface area (Å²) < 4.78 is 0. The molecule has 70 valence electrons. The van der Waals surface area contributed by atoms with Crippen molar-refractivity contribution in [1.29, 1.82) is 0 Å². The summed E-state index contributed by atoms with van der Waals surface area (Å²) in [5.74, 6) is 0.749. The van der Waals surface area contributed by atoms with Crippen LogP contribution in [0.3, 0.4) is 0 Å². The molecule has 1 aromatic rings. The third-order valence-electron chi connectivity index (χ3n) is 1.54. The van der Waals surface area contributed by atoms with E-state index in [9.17, 15) is 0 Å². The summed E-state index contributed by atoms with van der Waals surface area (Å²) in [6.07, 6.45) is 3.24. The second-order valence-electron chi connectivity index (χ2n) is 2.38. The fourth-order valence-electron chi connectivity index (χ4n) is 0.876. The highest BCUT2D eigenvalue weighted by molar-refractivity contribution is 5.79. The zero-order chi connectivity index (χ0) is 9.52. The van der Waals surface area contributed by atoms with Gasteiger partial charge in [-0.2, -0.15) is 0 Å². The molecule has 13 heavy (non-hydrogen) atoms. The van der Waals surface area contributed by atoms with E-state index < -0.39 is 0 Å². The monoisotopic (exact) mass is 179 g/mol. The van der Waals surface area contributed by atoms with E-state index in [1.54, 1.807) is 13.2 Å². The molecule has 0 aliphatic heterocycles. The molecule has 5 heteroatoms. The lowest BCUT2D eigenvalue weighted by atomic mass is 10.4. The van der Waals surface area contributed by atoms with E-state index in [1.165, 1.54) is 6.33 Å². The molecule has 0 saturated carbocycles. The van der Waals surface area contributed by atoms with Gasteiger partial charge in [-0.25, -0.2) is 9.97 Å². The van der Waals surface area contributed by atoms with Crippen molar-refractivity contribution >= 4 is 5.96 Å². The first kappa shape index (κ1) is 9.44. The number of nitrogens with zero attached hydrogens (tertiary/aromatic N) is 3. The van der Waals surface area contributed by atoms with Gasteiger partial charge in [-0.1, -0.05) is 0 Å². The maximum atomic E-state index is 4.06. The molecule has 1 aromatic heterocycles. The van der Waals surface area contributed by atoms with E-state index in [2.05, 4.69) is 25.6 Å². The Kier molecular flexibility index (Phi) is 3.69. The first-order valence-electron chi connectivity index (χ1n) is 4.00. The summed E-state index contributed by atoms with van der Waals surface area (Å²) in [5.41, 5.74) is 0.936. The van der Waals surface area contributed by atoms with Crippen molar-refractivity contribution in [3.63, 3.8) is 0 Å². The van der Waals surface area contributed by atoms with E-state index >= 15 is 0 Å². The molecule has 1 heterocycles. The molecule has 0 aliphatic rings. The van der Waals surface area contributed by atoms with E-state index in [0.717, 1.165) is 11.7 Å². The van der Waals surface area contributed by atoms with Crippen LogP contribution in [0.15, 0.2) is 23.6 Å². The number of rotatable bonds is 2. The van der Waals surface area contributed by atoms with Gasteiger partial charge >= 0.3 is 0 Å². The van der Waals surface area contributed by atoms with Gasteiger partial charge in [0.2, 0.25) is 0 Å². The highest BCUT2D eigenvalue weighted by Crippen LogP contribution is 1.88. The predicted molar refractivity (Wildman–Crippen MR) is 51.3 cm³/mol. The molecular weight excluding hydrogens is 166 g/mol. The molecule has 0 fully saturated rings. The second kappa shape index (κ2) is 5.08. The van der Waals surface area contributed by atoms with Crippen LogP contribution >= 0.6 is 0 Å². The van der Waals surface area contributed by atoms with Gasteiger partial charge < -0.3 is 10.6 Å². The van der Waals surface area contributed by atoms with Crippen LogP contribution in [0.1, 0.15) is 5.69 Å². The summed E-state index contributed by atoms with van der Waals surface area (Å²) in [6, 6.07) is 1.86. The van der Waals surface area contributed by atoms with Crippen LogP contribution in [0, 0.1) is 0 Å². The van der Waals surface area contributed by atoms with E-state index in [0.29, 0.717) is 6.54 Å². The van der Waals surface area contributed by atoms with Gasteiger partial charge in [0.1, 0.15) is 6.33 Å². The Morgan fingerprint density at radius 2 is 2.46 bits per heavy atom. The molecule has 0 saturated heterocycles. The Morgan fingerprint density at radius 1 is 1.62 bits per heavy atom. The largest absolute Gasteiger partial charge is 0.359 e. The van der Waals surface area contributed by atoms with Gasteiger partial charge in [-0.15, -0.1) is 0 Å². The van der Waals surface area contributed by atoms with Crippen molar-refractivity contribution in [2.24, 2.45) is 4.99 Å². The van der Waals surface area contributed by atoms with E-state index in [1.807, 2.05) is 13.1 Å². The van der Waals surface area contributed by atoms with Crippen molar-refractivity contribution < 1.29 is 0 Å². The molecule has 2 N–H and O–H groups in total. The minimum atomic E-state index is 0.649. The quantitative estimate of drug-likeness (QED) is 0.486. The molecule has 0 bridgehead atoms. The molecule has 0 aromatic carbocycles. The lowest BCUT2D eigenvalue weighted by Crippen LogP contribution is -2.34. The van der Waals surface area contributed by atoms with Crippen LogP contribution in [0.2, 0.25) is 0 Å². The van der Waals surface area contributed by atoms with Gasteiger partial charge in [0.25, 0.3) is 0 Å². The summed E-state index contributed by atoms with van der Waals surface area (Å²) >= 11 is 0. The number of guanidine groups is 1. The lowest BCUT2D eigenvalue weighted by Gasteiger charge is -2.06. The molecule has 0 aliphatic carbocycles. The minimum absolute atomic E-state index is 0.649. The maximum Gasteiger partial charge on any atom is 0.191 e. The molecular formula is C8H13N5. The van der Waals surface area contributed by atoms with Crippen molar-refractivity contribution in [1.82, 2.24) is 20.6 Å². The van der Waals surface area contributed by atoms with E-state index in [-0.39, 0.29) is 0 Å². The third kappa shape index (κ3) is 3.06. The van der Waals surface area contributed by atoms with Crippen LogP contribution in [0.4, 0.5) is 0 Å². The third-order valence-corrected chi connectivity index (χ3v) is 1.54. The molecule has 0 atom stereocenters. The van der Waals surface area contributed by atoms with Crippen LogP contribution in [-0.4, -0.2) is 30.0 Å². The Hall–Kier alpha value is -1.65. The average molecular weight is 179 g/mol. The van der Waals surface area contributed by atoms with Crippen LogP contribution in [0.5, 0.6) is 0 Å². The molecule has 5 nitrogen and oxygen atoms in total. The van der Waals surface area contributed by atoms with Gasteiger partial charge in [0.15, 0.2) is 5.96 Å². The maximum absolute atomic E-state index is 4.06. The highest BCUT2D eigenvalue weighted by Gasteiger charge is 1.94. The number of aromatic nitrogens is 2. The number of nitrogens with one attached hydrogen (secondary N) is 2. The van der Waals surface area contributed by atoms with Crippen LogP contribution in [-0.2, 0) is 6.54 Å². The normalized spacial score (nSPS) is 11.1. The minimum Gasteiger partial charge on any atom is -0.359 e. The fraction of sp³-hybridized carbons (Fsp3) is 0.375. The van der Waals surface area contributed by atoms with E-state index in [4.69, 9.17) is 0 Å². The predicted octanol–water partition coefficient (Wildman–Crippen LogP) is -0.229. The zero-order valence-electron chi connectivity index (χ0n) is 7.78. The Balaban J connectivity index is 2.43. The van der Waals surface area contributed by atoms with Crippen molar-refractivity contribution in [3.05, 3.63) is 24.3 Å². The van der Waals surface area contributed by atoms with Gasteiger partial charge in [0, 0.05) is 20.3 Å². The smallest absolute Gasteiger partial charge is 0.191 e. The molecule has 0 radical (unpaired) electrons. The standard InChI is InChI=1S/C8H13N5/c1-9-8(10-2)12-5-7-3-4-11-6-13-7/h3-4,6H,5H2,1-2H3,(H2,9,10,12). The van der Waals surface area contributed by atoms with Crippen LogP contribution < -0.4 is 10.6 Å². The summed E-state index contributed by atoms with van der Waals surface area (Å²) in [6.45, 7) is 0.649. The van der Waals surface area contributed by atoms with Crippen molar-refractivity contribution in [2.45, 2.75) is 6.54 Å². The average Bonchev–Trinajstić information content (AvgIpc) is 2.21. The molecule has 0 spiro atoms. The fourth-order valence-corrected chi connectivity index (χ4v) is 0.876. The number of aliphatic imine (C=N–C) groups is 1. The molecule has 1 rings (SSSR count). The first-order valence-corrected chi connectivity index (χ1v) is 4.00. The Bertz CT molecular complexity index is 269. The molecule has 0 unspecified atom stereocenters. The SMILES string of the molecule is CN=C(NC)NCc1ccncn1. The highest BCUT2D eigenvalue weighted by atomic mass is 15.2. The number of hydrogen-bond donors (Lipinski definition) is 2. The summed E-state index contributed by atoms with van der Waals surface area (Å²) in [5, 5.41) is 6.00. The zero-order valence-corrected chi connectivity index (χ0v) is 7.78. The molecule has 0 amide bonds. The second-order valence-corrected chi connectivity index (χ2v) is 2.38. The summed E-state index contributed by atoms with van der Waals surface area (Å²) in [4.78, 5) is 11.9. The first-order chi connectivity index (χ1) is 6.36. The van der Waals surface area contributed by atoms with Gasteiger partial charge in [0.05, 0.1) is 12.2 Å². The Labute approximate surface area is 77.3 Å².